The molecule has 1 saturated heterocycles. The van der Waals surface area contributed by atoms with Crippen LogP contribution >= 0.6 is 27.5 Å². The lowest BCUT2D eigenvalue weighted by Crippen LogP contribution is -2.54. The Kier molecular flexibility index (Phi) is 7.27. The molecule has 1 N–H and O–H groups in total. The fourth-order valence-corrected chi connectivity index (χ4v) is 4.54. The molecule has 1 aliphatic rings. The quantitative estimate of drug-likeness (QED) is 0.473. The molecule has 0 radical (unpaired) electrons. The van der Waals surface area contributed by atoms with Crippen molar-refractivity contribution in [2.75, 3.05) is 13.7 Å². The standard InChI is InChI=1S/C24H27BrClNO3/c1-16-17(7-6-8-20(16)25)9-10-18-14-22(30-3)19(13-21(18)26)15-27-12-5-4-11-24(27,2)23(28)29/h6-10,13-14H,4-5,11-12,15H2,1-3H3,(H,28,29). The zero-order valence-corrected chi connectivity index (χ0v) is 19.9. The maximum absolute atomic E-state index is 11.9. The molecular formula is C24H27BrClNO3. The minimum Gasteiger partial charge on any atom is -0.496 e. The first-order chi connectivity index (χ1) is 14.3. The predicted molar refractivity (Wildman–Crippen MR) is 126 cm³/mol. The third-order valence-electron chi connectivity index (χ3n) is 6.01. The number of piperidine rings is 1. The van der Waals surface area contributed by atoms with E-state index in [0.29, 0.717) is 23.7 Å². The lowest BCUT2D eigenvalue weighted by atomic mass is 9.88. The number of carboxylic acid groups (broad SMARTS) is 1. The number of carboxylic acids is 1. The highest BCUT2D eigenvalue weighted by atomic mass is 79.9. The highest BCUT2D eigenvalue weighted by Gasteiger charge is 2.41. The number of nitrogens with zero attached hydrogens (tertiary/aromatic N) is 1. The zero-order chi connectivity index (χ0) is 21.9. The summed E-state index contributed by atoms with van der Waals surface area (Å²) >= 11 is 10.2. The van der Waals surface area contributed by atoms with E-state index in [9.17, 15) is 9.90 Å². The summed E-state index contributed by atoms with van der Waals surface area (Å²) in [6.07, 6.45) is 6.57. The van der Waals surface area contributed by atoms with Crippen LogP contribution in [0, 0.1) is 6.92 Å². The van der Waals surface area contributed by atoms with E-state index in [2.05, 4.69) is 28.9 Å². The summed E-state index contributed by atoms with van der Waals surface area (Å²) in [5, 5.41) is 10.4. The summed E-state index contributed by atoms with van der Waals surface area (Å²) in [5.74, 6) is -0.0699. The third-order valence-corrected chi connectivity index (χ3v) is 7.20. The van der Waals surface area contributed by atoms with Gasteiger partial charge in [0.05, 0.1) is 7.11 Å². The first-order valence-corrected chi connectivity index (χ1v) is 11.2. The average molecular weight is 493 g/mol. The van der Waals surface area contributed by atoms with Crippen LogP contribution in [-0.2, 0) is 11.3 Å². The van der Waals surface area contributed by atoms with Gasteiger partial charge in [0.1, 0.15) is 11.3 Å². The van der Waals surface area contributed by atoms with Gasteiger partial charge in [0, 0.05) is 21.6 Å². The highest BCUT2D eigenvalue weighted by Crippen LogP contribution is 2.34. The average Bonchev–Trinajstić information content (AvgIpc) is 2.71. The lowest BCUT2D eigenvalue weighted by Gasteiger charge is -2.41. The number of aliphatic carboxylic acids is 1. The fraction of sp³-hybridized carbons (Fsp3) is 0.375. The number of hydrogen-bond donors (Lipinski definition) is 1. The minimum absolute atomic E-state index is 0.487. The number of benzene rings is 2. The van der Waals surface area contributed by atoms with Crippen LogP contribution in [0.4, 0.5) is 0 Å². The number of hydrogen-bond acceptors (Lipinski definition) is 3. The molecule has 0 bridgehead atoms. The van der Waals surface area contributed by atoms with E-state index in [4.69, 9.17) is 16.3 Å². The molecule has 0 saturated carbocycles. The van der Waals surface area contributed by atoms with Gasteiger partial charge >= 0.3 is 5.97 Å². The summed E-state index contributed by atoms with van der Waals surface area (Å²) in [5.41, 5.74) is 3.15. The highest BCUT2D eigenvalue weighted by molar-refractivity contribution is 9.10. The molecule has 0 spiro atoms. The molecule has 0 aliphatic carbocycles. The molecule has 160 valence electrons. The van der Waals surface area contributed by atoms with Gasteiger partial charge in [-0.2, -0.15) is 0 Å². The fourth-order valence-electron chi connectivity index (χ4n) is 3.91. The Morgan fingerprint density at radius 2 is 2.03 bits per heavy atom. The monoisotopic (exact) mass is 491 g/mol. The maximum Gasteiger partial charge on any atom is 0.323 e. The second-order valence-electron chi connectivity index (χ2n) is 7.93. The number of methoxy groups -OCH3 is 1. The molecule has 4 nitrogen and oxygen atoms in total. The van der Waals surface area contributed by atoms with Crippen molar-refractivity contribution in [2.45, 2.75) is 45.2 Å². The van der Waals surface area contributed by atoms with Crippen LogP contribution in [0.1, 0.15) is 48.4 Å². The molecule has 30 heavy (non-hydrogen) atoms. The largest absolute Gasteiger partial charge is 0.496 e. The molecule has 0 aromatic heterocycles. The van der Waals surface area contributed by atoms with E-state index in [1.54, 1.807) is 14.0 Å². The SMILES string of the molecule is COc1cc(C=Cc2cccc(Br)c2C)c(Cl)cc1CN1CCCCC1(C)C(=O)O. The normalized spacial score (nSPS) is 19.9. The minimum atomic E-state index is -0.869. The van der Waals surface area contributed by atoms with Gasteiger partial charge in [-0.15, -0.1) is 0 Å². The van der Waals surface area contributed by atoms with E-state index in [1.165, 1.54) is 0 Å². The Morgan fingerprint density at radius 1 is 1.30 bits per heavy atom. The van der Waals surface area contributed by atoms with Crippen molar-refractivity contribution >= 4 is 45.7 Å². The maximum atomic E-state index is 11.9. The van der Waals surface area contributed by atoms with Crippen molar-refractivity contribution in [3.05, 3.63) is 62.1 Å². The molecule has 1 fully saturated rings. The van der Waals surface area contributed by atoms with Gasteiger partial charge in [0.15, 0.2) is 0 Å². The first kappa shape index (κ1) is 22.9. The summed E-state index contributed by atoms with van der Waals surface area (Å²) in [7, 11) is 1.63. The van der Waals surface area contributed by atoms with Crippen molar-refractivity contribution in [1.29, 1.82) is 0 Å². The van der Waals surface area contributed by atoms with Gasteiger partial charge < -0.3 is 9.84 Å². The smallest absolute Gasteiger partial charge is 0.323 e. The molecule has 6 heteroatoms. The van der Waals surface area contributed by atoms with E-state index >= 15 is 0 Å². The van der Waals surface area contributed by atoms with Crippen molar-refractivity contribution < 1.29 is 14.6 Å². The van der Waals surface area contributed by atoms with Crippen molar-refractivity contribution in [3.63, 3.8) is 0 Å². The first-order valence-electron chi connectivity index (χ1n) is 10.0. The summed E-state index contributed by atoms with van der Waals surface area (Å²) < 4.78 is 6.69. The van der Waals surface area contributed by atoms with Gasteiger partial charge in [-0.1, -0.05) is 51.8 Å². The van der Waals surface area contributed by atoms with Crippen molar-refractivity contribution in [3.8, 4) is 5.75 Å². The van der Waals surface area contributed by atoms with Gasteiger partial charge in [0.25, 0.3) is 0 Å². The number of likely N-dealkylation sites (tertiary alicyclic amines) is 1. The van der Waals surface area contributed by atoms with Crippen LogP contribution in [0.25, 0.3) is 12.2 Å². The Morgan fingerprint density at radius 3 is 2.73 bits per heavy atom. The summed E-state index contributed by atoms with van der Waals surface area (Å²) in [6, 6.07) is 9.89. The van der Waals surface area contributed by atoms with Gasteiger partial charge in [-0.05, 0) is 74.5 Å². The number of halogens is 2. The van der Waals surface area contributed by atoms with E-state index in [0.717, 1.165) is 46.1 Å². The molecule has 1 aliphatic heterocycles. The molecule has 2 aromatic carbocycles. The van der Waals surface area contributed by atoms with Crippen LogP contribution in [0.3, 0.4) is 0 Å². The molecule has 1 atom stereocenters. The topological polar surface area (TPSA) is 49.8 Å². The predicted octanol–water partition coefficient (Wildman–Crippen LogP) is 6.42. The Bertz CT molecular complexity index is 975. The van der Waals surface area contributed by atoms with E-state index < -0.39 is 11.5 Å². The lowest BCUT2D eigenvalue weighted by molar-refractivity contribution is -0.153. The van der Waals surface area contributed by atoms with Crippen LogP contribution in [-0.4, -0.2) is 35.2 Å². The Balaban J connectivity index is 1.90. The van der Waals surface area contributed by atoms with Crippen LogP contribution in [0.2, 0.25) is 5.02 Å². The van der Waals surface area contributed by atoms with Crippen LogP contribution in [0.15, 0.2) is 34.8 Å². The van der Waals surface area contributed by atoms with Crippen LogP contribution < -0.4 is 4.74 Å². The molecule has 2 aromatic rings. The van der Waals surface area contributed by atoms with E-state index in [1.807, 2.05) is 41.3 Å². The number of rotatable bonds is 6. The molecule has 1 unspecified atom stereocenters. The van der Waals surface area contributed by atoms with Gasteiger partial charge in [0.2, 0.25) is 0 Å². The third kappa shape index (κ3) is 4.74. The summed E-state index contributed by atoms with van der Waals surface area (Å²) in [4.78, 5) is 13.9. The molecule has 1 heterocycles. The van der Waals surface area contributed by atoms with Gasteiger partial charge in [-0.3, -0.25) is 9.69 Å². The second kappa shape index (κ2) is 9.54. The van der Waals surface area contributed by atoms with Crippen molar-refractivity contribution in [1.82, 2.24) is 4.90 Å². The number of ether oxygens (including phenoxy) is 1. The van der Waals surface area contributed by atoms with E-state index in [-0.39, 0.29) is 0 Å². The summed E-state index contributed by atoms with van der Waals surface area (Å²) in [6.45, 7) is 5.10. The van der Waals surface area contributed by atoms with Crippen LogP contribution in [0.5, 0.6) is 5.75 Å². The second-order valence-corrected chi connectivity index (χ2v) is 9.19. The zero-order valence-electron chi connectivity index (χ0n) is 17.5. The molecule has 3 rings (SSSR count). The Hall–Kier alpha value is -1.82. The van der Waals surface area contributed by atoms with Gasteiger partial charge in [-0.25, -0.2) is 0 Å². The Labute approximate surface area is 191 Å². The van der Waals surface area contributed by atoms with Crippen molar-refractivity contribution in [2.24, 2.45) is 0 Å². The number of carbonyl (C=O) groups is 1. The molecular weight excluding hydrogens is 466 g/mol. The molecule has 0 amide bonds.